The van der Waals surface area contributed by atoms with Crippen molar-refractivity contribution >= 4 is 5.82 Å². The van der Waals surface area contributed by atoms with E-state index in [4.69, 9.17) is 4.74 Å². The van der Waals surface area contributed by atoms with E-state index in [1.165, 1.54) is 0 Å². The molecule has 1 N–H and O–H groups in total. The van der Waals surface area contributed by atoms with E-state index in [-0.39, 0.29) is 0 Å². The van der Waals surface area contributed by atoms with E-state index in [1.54, 1.807) is 0 Å². The first-order chi connectivity index (χ1) is 8.24. The van der Waals surface area contributed by atoms with Crippen molar-refractivity contribution in [2.24, 2.45) is 0 Å². The van der Waals surface area contributed by atoms with Crippen molar-refractivity contribution in [3.8, 4) is 0 Å². The third kappa shape index (κ3) is 3.98. The number of anilines is 1. The van der Waals surface area contributed by atoms with E-state index < -0.39 is 0 Å². The number of aromatic nitrogens is 1. The Hall–Kier alpha value is -1.13. The van der Waals surface area contributed by atoms with Gasteiger partial charge in [0.05, 0.1) is 13.2 Å². The van der Waals surface area contributed by atoms with E-state index in [2.05, 4.69) is 22.1 Å². The normalized spacial score (nSPS) is 18.9. The van der Waals surface area contributed by atoms with Crippen LogP contribution >= 0.6 is 0 Å². The van der Waals surface area contributed by atoms with Crippen LogP contribution in [0.4, 0.5) is 5.82 Å². The molecule has 94 valence electrons. The summed E-state index contributed by atoms with van der Waals surface area (Å²) in [7, 11) is 0. The second kappa shape index (κ2) is 5.98. The van der Waals surface area contributed by atoms with Crippen LogP contribution in [0.1, 0.15) is 12.6 Å². The molecule has 2 heterocycles. The maximum absolute atomic E-state index is 5.34. The molecule has 1 aliphatic heterocycles. The molecule has 4 nitrogen and oxygen atoms in total. The number of morpholine rings is 1. The number of rotatable bonds is 4. The highest BCUT2D eigenvalue weighted by Crippen LogP contribution is 2.07. The van der Waals surface area contributed by atoms with Crippen molar-refractivity contribution < 1.29 is 4.74 Å². The largest absolute Gasteiger partial charge is 0.379 e. The lowest BCUT2D eigenvalue weighted by Gasteiger charge is -2.29. The standard InChI is InChI=1S/C13H21N3O/c1-11-4-3-5-13(14-11)15-12(2)10-16-6-8-17-9-7-16/h3-5,12H,6-10H2,1-2H3,(H,14,15). The molecule has 0 spiro atoms. The van der Waals surface area contributed by atoms with Gasteiger partial charge in [0.25, 0.3) is 0 Å². The lowest BCUT2D eigenvalue weighted by Crippen LogP contribution is -2.42. The van der Waals surface area contributed by atoms with Crippen LogP contribution in [0.5, 0.6) is 0 Å². The van der Waals surface area contributed by atoms with Crippen molar-refractivity contribution in [3.63, 3.8) is 0 Å². The van der Waals surface area contributed by atoms with Crippen LogP contribution in [0, 0.1) is 6.92 Å². The zero-order valence-corrected chi connectivity index (χ0v) is 10.6. The van der Waals surface area contributed by atoms with Crippen molar-refractivity contribution in [1.82, 2.24) is 9.88 Å². The molecule has 17 heavy (non-hydrogen) atoms. The van der Waals surface area contributed by atoms with Crippen LogP contribution in [0.15, 0.2) is 18.2 Å². The van der Waals surface area contributed by atoms with Crippen LogP contribution in [0.25, 0.3) is 0 Å². The number of aryl methyl sites for hydroxylation is 1. The minimum Gasteiger partial charge on any atom is -0.379 e. The molecule has 0 bridgehead atoms. The molecule has 0 amide bonds. The Morgan fingerprint density at radius 1 is 1.41 bits per heavy atom. The number of hydrogen-bond donors (Lipinski definition) is 1. The van der Waals surface area contributed by atoms with Gasteiger partial charge in [0.2, 0.25) is 0 Å². The Kier molecular flexibility index (Phi) is 4.34. The van der Waals surface area contributed by atoms with E-state index >= 15 is 0 Å². The minimum atomic E-state index is 0.405. The Balaban J connectivity index is 1.82. The van der Waals surface area contributed by atoms with Gasteiger partial charge in [-0.3, -0.25) is 4.90 Å². The van der Waals surface area contributed by atoms with Crippen LogP contribution in [0.3, 0.4) is 0 Å². The second-order valence-corrected chi connectivity index (χ2v) is 4.62. The van der Waals surface area contributed by atoms with E-state index in [0.29, 0.717) is 6.04 Å². The summed E-state index contributed by atoms with van der Waals surface area (Å²) < 4.78 is 5.34. The average molecular weight is 235 g/mol. The lowest BCUT2D eigenvalue weighted by molar-refractivity contribution is 0.0368. The molecule has 4 heteroatoms. The quantitative estimate of drug-likeness (QED) is 0.858. The SMILES string of the molecule is Cc1cccc(NC(C)CN2CCOCC2)n1. The van der Waals surface area contributed by atoms with E-state index in [1.807, 2.05) is 25.1 Å². The fourth-order valence-corrected chi connectivity index (χ4v) is 2.09. The molecule has 0 saturated carbocycles. The number of ether oxygens (including phenoxy) is 1. The van der Waals surface area contributed by atoms with Crippen LogP contribution < -0.4 is 5.32 Å². The lowest BCUT2D eigenvalue weighted by atomic mass is 10.2. The molecule has 1 unspecified atom stereocenters. The molecule has 0 radical (unpaired) electrons. The molecule has 0 aliphatic carbocycles. The molecule has 1 saturated heterocycles. The number of nitrogens with one attached hydrogen (secondary N) is 1. The van der Waals surface area contributed by atoms with Gasteiger partial charge in [-0.15, -0.1) is 0 Å². The number of hydrogen-bond acceptors (Lipinski definition) is 4. The molecule has 1 atom stereocenters. The molecule has 1 aliphatic rings. The Bertz CT molecular complexity index is 350. The van der Waals surface area contributed by atoms with E-state index in [9.17, 15) is 0 Å². The summed E-state index contributed by atoms with van der Waals surface area (Å²) in [5, 5.41) is 3.44. The van der Waals surface area contributed by atoms with Gasteiger partial charge in [0.1, 0.15) is 5.82 Å². The van der Waals surface area contributed by atoms with Crippen LogP contribution in [-0.2, 0) is 4.74 Å². The predicted molar refractivity (Wildman–Crippen MR) is 69.3 cm³/mol. The third-order valence-corrected chi connectivity index (χ3v) is 2.92. The highest BCUT2D eigenvalue weighted by Gasteiger charge is 2.13. The molecule has 1 aromatic heterocycles. The van der Waals surface area contributed by atoms with E-state index in [0.717, 1.165) is 44.4 Å². The molecule has 1 aromatic rings. The average Bonchev–Trinajstić information content (AvgIpc) is 2.30. The smallest absolute Gasteiger partial charge is 0.126 e. The molecule has 2 rings (SSSR count). The van der Waals surface area contributed by atoms with Gasteiger partial charge in [-0.05, 0) is 26.0 Å². The monoisotopic (exact) mass is 235 g/mol. The molecule has 1 fully saturated rings. The zero-order valence-electron chi connectivity index (χ0n) is 10.6. The first-order valence-electron chi connectivity index (χ1n) is 6.24. The van der Waals surface area contributed by atoms with Crippen LogP contribution in [-0.4, -0.2) is 48.8 Å². The summed E-state index contributed by atoms with van der Waals surface area (Å²) >= 11 is 0. The van der Waals surface area contributed by atoms with Crippen molar-refractivity contribution in [1.29, 1.82) is 0 Å². The van der Waals surface area contributed by atoms with Gasteiger partial charge in [0, 0.05) is 31.4 Å². The highest BCUT2D eigenvalue weighted by atomic mass is 16.5. The summed E-state index contributed by atoms with van der Waals surface area (Å²) in [6.45, 7) is 9.03. The van der Waals surface area contributed by atoms with Gasteiger partial charge in [0.15, 0.2) is 0 Å². The van der Waals surface area contributed by atoms with Crippen molar-refractivity contribution in [2.45, 2.75) is 19.9 Å². The fourth-order valence-electron chi connectivity index (χ4n) is 2.09. The highest BCUT2D eigenvalue weighted by molar-refractivity contribution is 5.36. The minimum absolute atomic E-state index is 0.405. The van der Waals surface area contributed by atoms with Gasteiger partial charge in [-0.1, -0.05) is 6.07 Å². The summed E-state index contributed by atoms with van der Waals surface area (Å²) in [6.07, 6.45) is 0. The van der Waals surface area contributed by atoms with Crippen LogP contribution in [0.2, 0.25) is 0 Å². The van der Waals surface area contributed by atoms with Gasteiger partial charge < -0.3 is 10.1 Å². The van der Waals surface area contributed by atoms with Gasteiger partial charge in [-0.2, -0.15) is 0 Å². The zero-order chi connectivity index (χ0) is 12.1. The molecule has 0 aromatic carbocycles. The fraction of sp³-hybridized carbons (Fsp3) is 0.615. The van der Waals surface area contributed by atoms with Crippen molar-refractivity contribution in [2.75, 3.05) is 38.2 Å². The summed E-state index contributed by atoms with van der Waals surface area (Å²) in [6, 6.07) is 6.47. The van der Waals surface area contributed by atoms with Gasteiger partial charge in [-0.25, -0.2) is 4.98 Å². The predicted octanol–water partition coefficient (Wildman–Crippen LogP) is 1.52. The third-order valence-electron chi connectivity index (χ3n) is 2.92. The Morgan fingerprint density at radius 2 is 2.18 bits per heavy atom. The van der Waals surface area contributed by atoms with Gasteiger partial charge >= 0.3 is 0 Å². The van der Waals surface area contributed by atoms with Crippen molar-refractivity contribution in [3.05, 3.63) is 23.9 Å². The first-order valence-corrected chi connectivity index (χ1v) is 6.24. The maximum atomic E-state index is 5.34. The molecular formula is C13H21N3O. The summed E-state index contributed by atoms with van der Waals surface area (Å²) in [4.78, 5) is 6.88. The number of nitrogens with zero attached hydrogens (tertiary/aromatic N) is 2. The number of pyridine rings is 1. The second-order valence-electron chi connectivity index (χ2n) is 4.62. The Morgan fingerprint density at radius 3 is 2.88 bits per heavy atom. The molecular weight excluding hydrogens is 214 g/mol. The summed E-state index contributed by atoms with van der Waals surface area (Å²) in [5.74, 6) is 0.964. The Labute approximate surface area is 103 Å². The maximum Gasteiger partial charge on any atom is 0.126 e. The summed E-state index contributed by atoms with van der Waals surface area (Å²) in [5.41, 5.74) is 1.05. The topological polar surface area (TPSA) is 37.4 Å². The first kappa shape index (κ1) is 12.3.